The Bertz CT molecular complexity index is 719. The Labute approximate surface area is 143 Å². The van der Waals surface area contributed by atoms with Gasteiger partial charge >= 0.3 is 0 Å². The Hall–Kier alpha value is -1.66. The summed E-state index contributed by atoms with van der Waals surface area (Å²) in [6.45, 7) is 0.415. The highest BCUT2D eigenvalue weighted by molar-refractivity contribution is 7.89. The summed E-state index contributed by atoms with van der Waals surface area (Å²) in [7, 11) is -3.52. The van der Waals surface area contributed by atoms with Gasteiger partial charge in [0.15, 0.2) is 0 Å². The second-order valence-corrected chi connectivity index (χ2v) is 8.29. The zero-order valence-electron chi connectivity index (χ0n) is 13.8. The maximum absolute atomic E-state index is 12.3. The lowest BCUT2D eigenvalue weighted by atomic mass is 9.97. The lowest BCUT2D eigenvalue weighted by molar-refractivity contribution is 0.0951. The summed E-state index contributed by atoms with van der Waals surface area (Å²) in [6, 6.07) is 6.40. The topological polar surface area (TPSA) is 75.3 Å². The van der Waals surface area contributed by atoms with Crippen molar-refractivity contribution in [2.45, 2.75) is 55.9 Å². The summed E-state index contributed by atoms with van der Waals surface area (Å²) in [5.74, 6) is -0.140. The Balaban J connectivity index is 1.55. The van der Waals surface area contributed by atoms with E-state index in [0.29, 0.717) is 12.1 Å². The summed E-state index contributed by atoms with van der Waals surface area (Å²) in [5.41, 5.74) is 1.84. The molecule has 0 aromatic heterocycles. The van der Waals surface area contributed by atoms with E-state index in [1.807, 2.05) is 0 Å². The van der Waals surface area contributed by atoms with Gasteiger partial charge in [-0.25, -0.2) is 13.1 Å². The second kappa shape index (κ2) is 7.49. The average Bonchev–Trinajstić information content (AvgIpc) is 3.40. The van der Waals surface area contributed by atoms with Crippen LogP contribution in [0.4, 0.5) is 0 Å². The summed E-state index contributed by atoms with van der Waals surface area (Å²) in [4.78, 5) is 12.1. The van der Waals surface area contributed by atoms with Crippen molar-refractivity contribution in [1.29, 1.82) is 0 Å². The van der Waals surface area contributed by atoms with E-state index >= 15 is 0 Å². The van der Waals surface area contributed by atoms with E-state index in [-0.39, 0.29) is 16.8 Å². The lowest BCUT2D eigenvalue weighted by Gasteiger charge is -2.13. The standard InChI is InChI=1S/C18H24N2O3S/c21-18(20-16-8-9-16)15-6-10-17(11-7-15)24(22,23)19-13-12-14-4-2-1-3-5-14/h4,6-7,10-11,16,19H,1-3,5,8-9,12-13H2,(H,20,21). The number of carbonyl (C=O) groups is 1. The molecule has 3 rings (SSSR count). The molecule has 130 valence electrons. The first kappa shape index (κ1) is 17.2. The van der Waals surface area contributed by atoms with Crippen molar-refractivity contribution >= 4 is 15.9 Å². The summed E-state index contributed by atoms with van der Waals surface area (Å²) >= 11 is 0. The molecule has 0 saturated heterocycles. The number of carbonyl (C=O) groups excluding carboxylic acids is 1. The van der Waals surface area contributed by atoms with Crippen LogP contribution in [0.15, 0.2) is 40.8 Å². The maximum Gasteiger partial charge on any atom is 0.251 e. The van der Waals surface area contributed by atoms with Crippen LogP contribution >= 0.6 is 0 Å². The number of allylic oxidation sites excluding steroid dienone is 1. The van der Waals surface area contributed by atoms with E-state index in [1.165, 1.54) is 30.5 Å². The molecular formula is C18H24N2O3S. The zero-order valence-corrected chi connectivity index (χ0v) is 14.6. The highest BCUT2D eigenvalue weighted by atomic mass is 32.2. The van der Waals surface area contributed by atoms with Gasteiger partial charge in [-0.1, -0.05) is 11.6 Å². The monoisotopic (exact) mass is 348 g/mol. The minimum absolute atomic E-state index is 0.140. The predicted octanol–water partition coefficient (Wildman–Crippen LogP) is 2.75. The van der Waals surface area contributed by atoms with Gasteiger partial charge in [-0.15, -0.1) is 0 Å². The van der Waals surface area contributed by atoms with Gasteiger partial charge in [-0.2, -0.15) is 0 Å². The number of hydrogen-bond acceptors (Lipinski definition) is 3. The van der Waals surface area contributed by atoms with Crippen molar-refractivity contribution < 1.29 is 13.2 Å². The minimum Gasteiger partial charge on any atom is -0.349 e. The molecule has 2 aliphatic rings. The Morgan fingerprint density at radius 1 is 1.12 bits per heavy atom. The third-order valence-electron chi connectivity index (χ3n) is 4.46. The molecule has 1 amide bonds. The molecule has 6 heteroatoms. The number of sulfonamides is 1. The van der Waals surface area contributed by atoms with Gasteiger partial charge in [0, 0.05) is 18.2 Å². The van der Waals surface area contributed by atoms with Crippen molar-refractivity contribution in [3.8, 4) is 0 Å². The van der Waals surface area contributed by atoms with Crippen molar-refractivity contribution in [2.24, 2.45) is 0 Å². The molecule has 0 heterocycles. The molecule has 2 aliphatic carbocycles. The molecule has 0 spiro atoms. The number of rotatable bonds is 7. The molecule has 1 fully saturated rings. The van der Waals surface area contributed by atoms with E-state index in [4.69, 9.17) is 0 Å². The molecule has 0 unspecified atom stereocenters. The Morgan fingerprint density at radius 3 is 2.50 bits per heavy atom. The Morgan fingerprint density at radius 2 is 1.88 bits per heavy atom. The largest absolute Gasteiger partial charge is 0.349 e. The molecule has 24 heavy (non-hydrogen) atoms. The molecule has 0 atom stereocenters. The molecule has 1 saturated carbocycles. The maximum atomic E-state index is 12.3. The quantitative estimate of drug-likeness (QED) is 0.744. The normalized spacial score (nSPS) is 18.1. The van der Waals surface area contributed by atoms with Gasteiger partial charge in [0.1, 0.15) is 0 Å². The first-order valence-corrected chi connectivity index (χ1v) is 10.1. The van der Waals surface area contributed by atoms with Gasteiger partial charge in [0.25, 0.3) is 5.91 Å². The third-order valence-corrected chi connectivity index (χ3v) is 5.94. The van der Waals surface area contributed by atoms with Crippen molar-refractivity contribution in [3.05, 3.63) is 41.5 Å². The Kier molecular flexibility index (Phi) is 5.36. The summed E-state index contributed by atoms with van der Waals surface area (Å²) in [6.07, 6.45) is 9.65. The van der Waals surface area contributed by atoms with Crippen LogP contribution in [0.1, 0.15) is 55.3 Å². The van der Waals surface area contributed by atoms with Gasteiger partial charge in [0.05, 0.1) is 4.90 Å². The van der Waals surface area contributed by atoms with Crippen molar-refractivity contribution in [1.82, 2.24) is 10.0 Å². The minimum atomic E-state index is -3.52. The molecule has 0 aliphatic heterocycles. The molecular weight excluding hydrogens is 324 g/mol. The number of hydrogen-bond donors (Lipinski definition) is 2. The zero-order chi connectivity index (χ0) is 17.0. The smallest absolute Gasteiger partial charge is 0.251 e. The van der Waals surface area contributed by atoms with Crippen molar-refractivity contribution in [2.75, 3.05) is 6.54 Å². The number of benzene rings is 1. The van der Waals surface area contributed by atoms with Crippen LogP contribution in [0.2, 0.25) is 0 Å². The van der Waals surface area contributed by atoms with Gasteiger partial charge < -0.3 is 5.32 Å². The van der Waals surface area contributed by atoms with Gasteiger partial charge in [-0.3, -0.25) is 4.79 Å². The van der Waals surface area contributed by atoms with Gasteiger partial charge in [-0.05, 0) is 69.2 Å². The number of nitrogens with one attached hydrogen (secondary N) is 2. The highest BCUT2D eigenvalue weighted by Crippen LogP contribution is 2.21. The second-order valence-electron chi connectivity index (χ2n) is 6.53. The van der Waals surface area contributed by atoms with E-state index < -0.39 is 10.0 Å². The third kappa shape index (κ3) is 4.68. The summed E-state index contributed by atoms with van der Waals surface area (Å²) in [5, 5.41) is 2.89. The average molecular weight is 348 g/mol. The molecule has 5 nitrogen and oxygen atoms in total. The van der Waals surface area contributed by atoms with E-state index in [9.17, 15) is 13.2 Å². The van der Waals surface area contributed by atoms with Crippen molar-refractivity contribution in [3.63, 3.8) is 0 Å². The highest BCUT2D eigenvalue weighted by Gasteiger charge is 2.24. The van der Waals surface area contributed by atoms with Gasteiger partial charge in [0.2, 0.25) is 10.0 Å². The van der Waals surface area contributed by atoms with Crippen LogP contribution in [0.3, 0.4) is 0 Å². The van der Waals surface area contributed by atoms with E-state index in [2.05, 4.69) is 16.1 Å². The molecule has 0 radical (unpaired) electrons. The molecule has 0 bridgehead atoms. The van der Waals surface area contributed by atoms with Crippen LogP contribution < -0.4 is 10.0 Å². The van der Waals surface area contributed by atoms with E-state index in [0.717, 1.165) is 32.1 Å². The summed E-state index contributed by atoms with van der Waals surface area (Å²) < 4.78 is 27.3. The van der Waals surface area contributed by atoms with Crippen LogP contribution in [-0.4, -0.2) is 26.9 Å². The first-order chi connectivity index (χ1) is 11.5. The fourth-order valence-corrected chi connectivity index (χ4v) is 3.87. The van der Waals surface area contributed by atoms with E-state index in [1.54, 1.807) is 12.1 Å². The molecule has 1 aromatic rings. The fraction of sp³-hybridized carbons (Fsp3) is 0.500. The molecule has 2 N–H and O–H groups in total. The lowest BCUT2D eigenvalue weighted by Crippen LogP contribution is -2.26. The van der Waals surface area contributed by atoms with Crippen LogP contribution in [0, 0.1) is 0 Å². The fourth-order valence-electron chi connectivity index (χ4n) is 2.84. The van der Waals surface area contributed by atoms with Crippen LogP contribution in [0.25, 0.3) is 0 Å². The van der Waals surface area contributed by atoms with Crippen LogP contribution in [-0.2, 0) is 10.0 Å². The SMILES string of the molecule is O=C(NC1CC1)c1ccc(S(=O)(=O)NCCC2=CCCCC2)cc1. The first-order valence-electron chi connectivity index (χ1n) is 8.63. The number of amides is 1. The predicted molar refractivity (Wildman–Crippen MR) is 93.3 cm³/mol. The molecule has 1 aromatic carbocycles. The van der Waals surface area contributed by atoms with Crippen LogP contribution in [0.5, 0.6) is 0 Å².